The van der Waals surface area contributed by atoms with Crippen molar-refractivity contribution in [2.75, 3.05) is 5.73 Å². The molecule has 0 spiro atoms. The highest BCUT2D eigenvalue weighted by atomic mass is 19.4. The summed E-state index contributed by atoms with van der Waals surface area (Å²) in [6, 6.07) is 0.781. The summed E-state index contributed by atoms with van der Waals surface area (Å²) in [4.78, 5) is 0. The van der Waals surface area contributed by atoms with Crippen LogP contribution < -0.4 is 10.5 Å². The summed E-state index contributed by atoms with van der Waals surface area (Å²) < 4.78 is 114. The predicted molar refractivity (Wildman–Crippen MR) is 52.4 cm³/mol. The minimum atomic E-state index is -5.85. The van der Waals surface area contributed by atoms with Crippen molar-refractivity contribution >= 4 is 5.69 Å². The maximum Gasteiger partial charge on any atom is 0.434 e. The van der Waals surface area contributed by atoms with Gasteiger partial charge in [0, 0.05) is 11.8 Å². The highest BCUT2D eigenvalue weighted by Gasteiger charge is 2.59. The molecule has 1 aromatic rings. The van der Waals surface area contributed by atoms with Gasteiger partial charge in [0.25, 0.3) is 6.10 Å². The number of ether oxygens (including phenoxy) is 1. The molecular formula is C10H6F9NO. The summed E-state index contributed by atoms with van der Waals surface area (Å²) >= 11 is 0. The molecular weight excluding hydrogens is 321 g/mol. The molecule has 120 valence electrons. The Morgan fingerprint density at radius 3 is 1.67 bits per heavy atom. The fourth-order valence-corrected chi connectivity index (χ4v) is 1.31. The van der Waals surface area contributed by atoms with E-state index in [4.69, 9.17) is 5.73 Å². The summed E-state index contributed by atoms with van der Waals surface area (Å²) in [6.45, 7) is 0. The first-order valence-electron chi connectivity index (χ1n) is 4.99. The standard InChI is InChI=1S/C10H6F9NO/c11-8(12,13)4-1-5(20)3-6(2-4)21-7(9(14,15)16)10(17,18)19/h1-3,7H,20H2. The van der Waals surface area contributed by atoms with Gasteiger partial charge in [-0.1, -0.05) is 0 Å². The number of hydrogen-bond donors (Lipinski definition) is 1. The van der Waals surface area contributed by atoms with E-state index in [2.05, 4.69) is 4.74 Å². The summed E-state index contributed by atoms with van der Waals surface area (Å²) in [6.07, 6.45) is -20.9. The van der Waals surface area contributed by atoms with Gasteiger partial charge >= 0.3 is 18.5 Å². The lowest BCUT2D eigenvalue weighted by Gasteiger charge is -2.24. The zero-order valence-electron chi connectivity index (χ0n) is 9.70. The average molecular weight is 327 g/mol. The largest absolute Gasteiger partial charge is 0.471 e. The molecule has 0 aliphatic carbocycles. The first-order chi connectivity index (χ1) is 9.21. The van der Waals surface area contributed by atoms with E-state index in [1.807, 2.05) is 0 Å². The van der Waals surface area contributed by atoms with Gasteiger partial charge in [-0.15, -0.1) is 0 Å². The van der Waals surface area contributed by atoms with E-state index >= 15 is 0 Å². The monoisotopic (exact) mass is 327 g/mol. The van der Waals surface area contributed by atoms with Crippen LogP contribution in [0, 0.1) is 0 Å². The third-order valence-corrected chi connectivity index (χ3v) is 2.10. The fourth-order valence-electron chi connectivity index (χ4n) is 1.31. The van der Waals surface area contributed by atoms with Crippen LogP contribution in [0.3, 0.4) is 0 Å². The fraction of sp³-hybridized carbons (Fsp3) is 0.400. The van der Waals surface area contributed by atoms with Crippen LogP contribution in [0.4, 0.5) is 45.2 Å². The number of hydrogen-bond acceptors (Lipinski definition) is 2. The van der Waals surface area contributed by atoms with Gasteiger partial charge in [0.2, 0.25) is 0 Å². The van der Waals surface area contributed by atoms with Crippen LogP contribution in [0.5, 0.6) is 5.75 Å². The maximum atomic E-state index is 12.4. The minimum Gasteiger partial charge on any atom is -0.471 e. The summed E-state index contributed by atoms with van der Waals surface area (Å²) in [5, 5.41) is 0. The molecule has 21 heavy (non-hydrogen) atoms. The number of nitrogen functional groups attached to an aromatic ring is 1. The molecule has 11 heteroatoms. The molecule has 1 rings (SSSR count). The second-order valence-corrected chi connectivity index (χ2v) is 3.87. The van der Waals surface area contributed by atoms with Gasteiger partial charge in [0.1, 0.15) is 5.75 Å². The number of alkyl halides is 9. The van der Waals surface area contributed by atoms with Crippen LogP contribution in [0.25, 0.3) is 0 Å². The summed E-state index contributed by atoms with van der Waals surface area (Å²) in [7, 11) is 0. The van der Waals surface area contributed by atoms with E-state index in [0.717, 1.165) is 0 Å². The first kappa shape index (κ1) is 17.2. The Morgan fingerprint density at radius 2 is 1.29 bits per heavy atom. The summed E-state index contributed by atoms with van der Waals surface area (Å²) in [5.41, 5.74) is 2.79. The molecule has 0 aliphatic rings. The van der Waals surface area contributed by atoms with Crippen LogP contribution >= 0.6 is 0 Å². The number of halogens is 9. The molecule has 1 aromatic carbocycles. The molecule has 0 aromatic heterocycles. The van der Waals surface area contributed by atoms with Crippen LogP contribution in [0.2, 0.25) is 0 Å². The lowest BCUT2D eigenvalue weighted by Crippen LogP contribution is -2.46. The van der Waals surface area contributed by atoms with Crippen LogP contribution in [0.1, 0.15) is 5.56 Å². The molecule has 0 bridgehead atoms. The number of benzene rings is 1. The molecule has 2 nitrogen and oxygen atoms in total. The second kappa shape index (κ2) is 5.19. The smallest absolute Gasteiger partial charge is 0.434 e. The lowest BCUT2D eigenvalue weighted by molar-refractivity contribution is -0.299. The molecule has 0 saturated heterocycles. The Morgan fingerprint density at radius 1 is 0.810 bits per heavy atom. The highest BCUT2D eigenvalue weighted by molar-refractivity contribution is 5.48. The van der Waals surface area contributed by atoms with Crippen molar-refractivity contribution in [2.45, 2.75) is 24.6 Å². The number of nitrogens with two attached hydrogens (primary N) is 1. The maximum absolute atomic E-state index is 12.4. The predicted octanol–water partition coefficient (Wildman–Crippen LogP) is 4.16. The number of rotatable bonds is 2. The zero-order chi connectivity index (χ0) is 16.6. The second-order valence-electron chi connectivity index (χ2n) is 3.87. The molecule has 0 amide bonds. The average Bonchev–Trinajstić information content (AvgIpc) is 2.20. The Hall–Kier alpha value is -1.81. The zero-order valence-corrected chi connectivity index (χ0v) is 9.70. The van der Waals surface area contributed by atoms with Crippen molar-refractivity contribution in [1.82, 2.24) is 0 Å². The van der Waals surface area contributed by atoms with Gasteiger partial charge in [0.15, 0.2) is 0 Å². The van der Waals surface area contributed by atoms with Crippen molar-refractivity contribution in [2.24, 2.45) is 0 Å². The SMILES string of the molecule is Nc1cc(OC(C(F)(F)F)C(F)(F)F)cc(C(F)(F)F)c1. The van der Waals surface area contributed by atoms with E-state index in [1.54, 1.807) is 0 Å². The van der Waals surface area contributed by atoms with Crippen molar-refractivity contribution in [3.8, 4) is 5.75 Å². The molecule has 0 heterocycles. The molecule has 0 atom stereocenters. The van der Waals surface area contributed by atoms with Gasteiger partial charge in [0.05, 0.1) is 5.56 Å². The van der Waals surface area contributed by atoms with Crippen LogP contribution in [-0.4, -0.2) is 18.5 Å². The molecule has 0 unspecified atom stereocenters. The Balaban J connectivity index is 3.20. The normalized spacial score (nSPS) is 13.6. The third-order valence-electron chi connectivity index (χ3n) is 2.10. The van der Waals surface area contributed by atoms with Crippen molar-refractivity contribution in [3.05, 3.63) is 23.8 Å². The molecule has 2 N–H and O–H groups in total. The van der Waals surface area contributed by atoms with Crippen molar-refractivity contribution in [3.63, 3.8) is 0 Å². The van der Waals surface area contributed by atoms with Gasteiger partial charge < -0.3 is 10.5 Å². The lowest BCUT2D eigenvalue weighted by atomic mass is 10.2. The minimum absolute atomic E-state index is 0.000833. The molecule has 0 saturated carbocycles. The van der Waals surface area contributed by atoms with Crippen molar-refractivity contribution in [1.29, 1.82) is 0 Å². The van der Waals surface area contributed by atoms with Crippen LogP contribution in [-0.2, 0) is 6.18 Å². The van der Waals surface area contributed by atoms with E-state index in [9.17, 15) is 39.5 Å². The van der Waals surface area contributed by atoms with Gasteiger partial charge in [-0.05, 0) is 12.1 Å². The van der Waals surface area contributed by atoms with Crippen molar-refractivity contribution < 1.29 is 44.3 Å². The van der Waals surface area contributed by atoms with Gasteiger partial charge in [-0.2, -0.15) is 39.5 Å². The van der Waals surface area contributed by atoms with E-state index < -0.39 is 41.6 Å². The summed E-state index contributed by atoms with van der Waals surface area (Å²) in [5.74, 6) is -1.29. The quantitative estimate of drug-likeness (QED) is 0.654. The Kier molecular flexibility index (Phi) is 4.26. The van der Waals surface area contributed by atoms with E-state index in [-0.39, 0.29) is 6.07 Å². The van der Waals surface area contributed by atoms with Gasteiger partial charge in [-0.25, -0.2) is 0 Å². The van der Waals surface area contributed by atoms with Crippen LogP contribution in [0.15, 0.2) is 18.2 Å². The highest BCUT2D eigenvalue weighted by Crippen LogP contribution is 2.39. The van der Waals surface area contributed by atoms with Gasteiger partial charge in [-0.3, -0.25) is 0 Å². The Bertz CT molecular complexity index is 489. The van der Waals surface area contributed by atoms with E-state index in [1.165, 1.54) is 0 Å². The number of anilines is 1. The Labute approximate surface area is 111 Å². The molecule has 0 fully saturated rings. The topological polar surface area (TPSA) is 35.2 Å². The first-order valence-corrected chi connectivity index (χ1v) is 4.99. The molecule has 0 aliphatic heterocycles. The van der Waals surface area contributed by atoms with E-state index in [0.29, 0.717) is 12.1 Å². The molecule has 0 radical (unpaired) electrons. The third kappa shape index (κ3) is 4.60.